The van der Waals surface area contributed by atoms with Crippen LogP contribution in [0.1, 0.15) is 40.0 Å². The zero-order valence-corrected chi connectivity index (χ0v) is 12.2. The molecule has 17 heavy (non-hydrogen) atoms. The number of likely N-dealkylation sites (N-methyl/N-ethyl adjacent to an activating group) is 1. The van der Waals surface area contributed by atoms with Gasteiger partial charge in [0.1, 0.15) is 0 Å². The van der Waals surface area contributed by atoms with Crippen LogP contribution in [0.15, 0.2) is 0 Å². The van der Waals surface area contributed by atoms with Gasteiger partial charge in [0.2, 0.25) is 0 Å². The zero-order valence-electron chi connectivity index (χ0n) is 12.2. The molecule has 0 spiro atoms. The van der Waals surface area contributed by atoms with Gasteiger partial charge in [-0.25, -0.2) is 0 Å². The van der Waals surface area contributed by atoms with Gasteiger partial charge in [0.15, 0.2) is 0 Å². The second-order valence-electron chi connectivity index (χ2n) is 6.32. The Morgan fingerprint density at radius 2 is 1.88 bits per heavy atom. The summed E-state index contributed by atoms with van der Waals surface area (Å²) in [6, 6.07) is 0.372. The third-order valence-corrected chi connectivity index (χ3v) is 4.18. The molecule has 1 saturated carbocycles. The smallest absolute Gasteiger partial charge is 0.0746 e. The lowest BCUT2D eigenvalue weighted by Crippen LogP contribution is -2.44. The van der Waals surface area contributed by atoms with Gasteiger partial charge in [-0.15, -0.1) is 0 Å². The van der Waals surface area contributed by atoms with Crippen LogP contribution in [0, 0.1) is 5.41 Å². The third-order valence-electron chi connectivity index (χ3n) is 4.18. The highest BCUT2D eigenvalue weighted by Gasteiger charge is 2.42. The molecule has 0 saturated heterocycles. The van der Waals surface area contributed by atoms with Gasteiger partial charge in [-0.2, -0.15) is 0 Å². The van der Waals surface area contributed by atoms with E-state index < -0.39 is 0 Å². The van der Waals surface area contributed by atoms with Crippen molar-refractivity contribution >= 4 is 0 Å². The van der Waals surface area contributed by atoms with Gasteiger partial charge in [-0.1, -0.05) is 20.8 Å². The molecule has 0 aromatic rings. The summed E-state index contributed by atoms with van der Waals surface area (Å²) in [5.74, 6) is 0. The highest BCUT2D eigenvalue weighted by molar-refractivity contribution is 4.96. The minimum Gasteiger partial charge on any atom is -0.391 e. The highest BCUT2D eigenvalue weighted by atomic mass is 16.3. The molecular formula is C14H30N2O. The predicted molar refractivity (Wildman–Crippen MR) is 73.2 cm³/mol. The summed E-state index contributed by atoms with van der Waals surface area (Å²) in [6.45, 7) is 9.85. The molecule has 1 aliphatic carbocycles. The van der Waals surface area contributed by atoms with Crippen molar-refractivity contribution in [3.63, 3.8) is 0 Å². The summed E-state index contributed by atoms with van der Waals surface area (Å²) in [7, 11) is 4.23. The quantitative estimate of drug-likeness (QED) is 0.769. The van der Waals surface area contributed by atoms with Gasteiger partial charge >= 0.3 is 0 Å². The fourth-order valence-corrected chi connectivity index (χ4v) is 2.88. The second kappa shape index (κ2) is 6.17. The summed E-state index contributed by atoms with van der Waals surface area (Å²) < 4.78 is 0. The van der Waals surface area contributed by atoms with Crippen LogP contribution in [0.5, 0.6) is 0 Å². The zero-order chi connectivity index (χ0) is 13.1. The summed E-state index contributed by atoms with van der Waals surface area (Å²) in [5.41, 5.74) is 0.0969. The first-order valence-electron chi connectivity index (χ1n) is 6.95. The SMILES string of the molecule is CCN(CCCN(C)C)C1CCC(C)(C)C1O. The van der Waals surface area contributed by atoms with E-state index in [0.29, 0.717) is 6.04 Å². The van der Waals surface area contributed by atoms with Crippen molar-refractivity contribution in [2.24, 2.45) is 5.41 Å². The Hall–Kier alpha value is -0.120. The first-order chi connectivity index (χ1) is 7.88. The lowest BCUT2D eigenvalue weighted by atomic mass is 9.88. The molecule has 2 unspecified atom stereocenters. The van der Waals surface area contributed by atoms with Crippen LogP contribution in [0.3, 0.4) is 0 Å². The average molecular weight is 242 g/mol. The second-order valence-corrected chi connectivity index (χ2v) is 6.32. The van der Waals surface area contributed by atoms with Crippen molar-refractivity contribution in [3.05, 3.63) is 0 Å². The molecule has 0 aliphatic heterocycles. The van der Waals surface area contributed by atoms with E-state index in [1.54, 1.807) is 0 Å². The highest BCUT2D eigenvalue weighted by Crippen LogP contribution is 2.39. The van der Waals surface area contributed by atoms with Crippen LogP contribution in [-0.4, -0.2) is 60.8 Å². The Balaban J connectivity index is 2.45. The molecule has 0 aromatic heterocycles. The van der Waals surface area contributed by atoms with Crippen molar-refractivity contribution in [1.29, 1.82) is 0 Å². The molecule has 0 radical (unpaired) electrons. The Morgan fingerprint density at radius 3 is 2.29 bits per heavy atom. The van der Waals surface area contributed by atoms with Gasteiger partial charge < -0.3 is 10.0 Å². The molecule has 3 heteroatoms. The molecular weight excluding hydrogens is 212 g/mol. The largest absolute Gasteiger partial charge is 0.391 e. The first kappa shape index (κ1) is 14.9. The summed E-state index contributed by atoms with van der Waals surface area (Å²) in [5, 5.41) is 10.4. The minimum atomic E-state index is -0.165. The number of hydrogen-bond donors (Lipinski definition) is 1. The molecule has 1 N–H and O–H groups in total. The summed E-state index contributed by atoms with van der Waals surface area (Å²) in [6.07, 6.45) is 3.30. The average Bonchev–Trinajstić information content (AvgIpc) is 2.50. The molecule has 2 atom stereocenters. The van der Waals surface area contributed by atoms with Crippen molar-refractivity contribution in [3.8, 4) is 0 Å². The van der Waals surface area contributed by atoms with Crippen LogP contribution >= 0.6 is 0 Å². The van der Waals surface area contributed by atoms with Gasteiger partial charge in [-0.3, -0.25) is 4.90 Å². The van der Waals surface area contributed by atoms with Crippen molar-refractivity contribution in [2.75, 3.05) is 33.7 Å². The minimum absolute atomic E-state index is 0.0969. The molecule has 0 bridgehead atoms. The van der Waals surface area contributed by atoms with E-state index in [1.807, 2.05) is 0 Å². The Morgan fingerprint density at radius 1 is 1.24 bits per heavy atom. The van der Waals surface area contributed by atoms with Gasteiger partial charge in [-0.05, 0) is 58.4 Å². The van der Waals surface area contributed by atoms with E-state index in [-0.39, 0.29) is 11.5 Å². The van der Waals surface area contributed by atoms with Crippen molar-refractivity contribution < 1.29 is 5.11 Å². The van der Waals surface area contributed by atoms with Crippen molar-refractivity contribution in [2.45, 2.75) is 52.2 Å². The number of nitrogens with zero attached hydrogens (tertiary/aromatic N) is 2. The van der Waals surface area contributed by atoms with Gasteiger partial charge in [0.05, 0.1) is 6.10 Å². The molecule has 1 fully saturated rings. The van der Waals surface area contributed by atoms with E-state index in [9.17, 15) is 5.11 Å². The molecule has 1 rings (SSSR count). The Kier molecular flexibility index (Phi) is 5.42. The van der Waals surface area contributed by atoms with Crippen LogP contribution in [-0.2, 0) is 0 Å². The van der Waals surface area contributed by atoms with E-state index in [1.165, 1.54) is 6.42 Å². The standard InChI is InChI=1S/C14H30N2O/c1-6-16(11-7-10-15(4)5)12-8-9-14(2,3)13(12)17/h12-13,17H,6-11H2,1-5H3. The van der Waals surface area contributed by atoms with Gasteiger partial charge in [0.25, 0.3) is 0 Å². The summed E-state index contributed by atoms with van der Waals surface area (Å²) in [4.78, 5) is 4.69. The molecule has 1 aliphatic rings. The topological polar surface area (TPSA) is 26.7 Å². The number of aliphatic hydroxyl groups excluding tert-OH is 1. The number of aliphatic hydroxyl groups is 1. The predicted octanol–water partition coefficient (Wildman–Crippen LogP) is 1.81. The lowest BCUT2D eigenvalue weighted by molar-refractivity contribution is 0.0154. The monoisotopic (exact) mass is 242 g/mol. The first-order valence-corrected chi connectivity index (χ1v) is 6.95. The normalized spacial score (nSPS) is 28.2. The Labute approximate surface area is 107 Å². The molecule has 0 heterocycles. The molecule has 3 nitrogen and oxygen atoms in total. The molecule has 0 amide bonds. The fraction of sp³-hybridized carbons (Fsp3) is 1.00. The van der Waals surface area contributed by atoms with E-state index in [4.69, 9.17) is 0 Å². The number of hydrogen-bond acceptors (Lipinski definition) is 3. The van der Waals surface area contributed by atoms with Crippen LogP contribution in [0.2, 0.25) is 0 Å². The number of rotatable bonds is 6. The summed E-state index contributed by atoms with van der Waals surface area (Å²) >= 11 is 0. The van der Waals surface area contributed by atoms with E-state index in [0.717, 1.165) is 32.5 Å². The maximum absolute atomic E-state index is 10.4. The maximum atomic E-state index is 10.4. The van der Waals surface area contributed by atoms with Crippen LogP contribution in [0.25, 0.3) is 0 Å². The van der Waals surface area contributed by atoms with Crippen LogP contribution in [0.4, 0.5) is 0 Å². The fourth-order valence-electron chi connectivity index (χ4n) is 2.88. The van der Waals surface area contributed by atoms with Crippen molar-refractivity contribution in [1.82, 2.24) is 9.80 Å². The van der Waals surface area contributed by atoms with Crippen LogP contribution < -0.4 is 0 Å². The maximum Gasteiger partial charge on any atom is 0.0746 e. The van der Waals surface area contributed by atoms with E-state index >= 15 is 0 Å². The van der Waals surface area contributed by atoms with E-state index in [2.05, 4.69) is 44.7 Å². The van der Waals surface area contributed by atoms with Gasteiger partial charge in [0, 0.05) is 6.04 Å². The third kappa shape index (κ3) is 3.94. The molecule has 102 valence electrons. The molecule has 0 aromatic carbocycles. The lowest BCUT2D eigenvalue weighted by Gasteiger charge is -2.33. The Bertz CT molecular complexity index is 228.